The van der Waals surface area contributed by atoms with Crippen molar-refractivity contribution in [3.05, 3.63) is 0 Å². The molecular formula is C9H17F2NO2S. The van der Waals surface area contributed by atoms with Crippen LogP contribution in [0.1, 0.15) is 26.2 Å². The molecule has 0 radical (unpaired) electrons. The van der Waals surface area contributed by atoms with Gasteiger partial charge in [-0.2, -0.15) is 0 Å². The normalized spacial score (nSPS) is 24.1. The third-order valence-electron chi connectivity index (χ3n) is 2.59. The summed E-state index contributed by atoms with van der Waals surface area (Å²) in [6.45, 7) is 1.97. The summed E-state index contributed by atoms with van der Waals surface area (Å²) < 4.78 is 48.4. The van der Waals surface area contributed by atoms with Crippen LogP contribution in [0, 0.1) is 0 Å². The van der Waals surface area contributed by atoms with Crippen molar-refractivity contribution in [3.63, 3.8) is 0 Å². The van der Waals surface area contributed by atoms with Crippen molar-refractivity contribution in [2.75, 3.05) is 18.8 Å². The molecule has 0 aromatic carbocycles. The topological polar surface area (TPSA) is 46.2 Å². The number of nitrogens with one attached hydrogen (secondary N) is 1. The van der Waals surface area contributed by atoms with Gasteiger partial charge in [0.15, 0.2) is 9.84 Å². The van der Waals surface area contributed by atoms with E-state index in [0.29, 0.717) is 13.0 Å². The van der Waals surface area contributed by atoms with E-state index in [9.17, 15) is 17.2 Å². The quantitative estimate of drug-likeness (QED) is 0.804. The lowest BCUT2D eigenvalue weighted by molar-refractivity contribution is 0.0189. The van der Waals surface area contributed by atoms with Crippen LogP contribution in [-0.4, -0.2) is 38.4 Å². The van der Waals surface area contributed by atoms with Gasteiger partial charge in [0.2, 0.25) is 5.92 Å². The Labute approximate surface area is 89.2 Å². The van der Waals surface area contributed by atoms with E-state index < -0.39 is 33.2 Å². The Morgan fingerprint density at radius 3 is 2.60 bits per heavy atom. The molecule has 1 N–H and O–H groups in total. The van der Waals surface area contributed by atoms with E-state index in [2.05, 4.69) is 5.32 Å². The van der Waals surface area contributed by atoms with Crippen LogP contribution in [-0.2, 0) is 9.84 Å². The molecule has 0 saturated carbocycles. The molecule has 0 aromatic heterocycles. The van der Waals surface area contributed by atoms with Crippen molar-refractivity contribution in [2.24, 2.45) is 0 Å². The fraction of sp³-hybridized carbons (Fsp3) is 1.00. The van der Waals surface area contributed by atoms with Crippen molar-refractivity contribution in [1.82, 2.24) is 5.32 Å². The average Bonchev–Trinajstić information content (AvgIpc) is 2.16. The maximum absolute atomic E-state index is 12.5. The summed E-state index contributed by atoms with van der Waals surface area (Å²) in [5, 5.41) is 2.49. The fourth-order valence-electron chi connectivity index (χ4n) is 1.61. The molecule has 1 aliphatic rings. The third kappa shape index (κ3) is 4.42. The van der Waals surface area contributed by atoms with Gasteiger partial charge in [-0.25, -0.2) is 17.2 Å². The molecular weight excluding hydrogens is 224 g/mol. The van der Waals surface area contributed by atoms with Crippen LogP contribution < -0.4 is 5.32 Å². The second-order valence-corrected chi connectivity index (χ2v) is 6.56. The first kappa shape index (κ1) is 12.8. The van der Waals surface area contributed by atoms with Gasteiger partial charge in [0.25, 0.3) is 0 Å². The first-order valence-corrected chi connectivity index (χ1v) is 6.83. The van der Waals surface area contributed by atoms with Gasteiger partial charge >= 0.3 is 0 Å². The Bertz CT molecular complexity index is 292. The maximum Gasteiger partial charge on any atom is 0.246 e. The Hall–Kier alpha value is -0.230. The smallest absolute Gasteiger partial charge is 0.246 e. The molecule has 1 atom stereocenters. The van der Waals surface area contributed by atoms with E-state index in [4.69, 9.17) is 0 Å². The molecule has 1 saturated heterocycles. The molecule has 15 heavy (non-hydrogen) atoms. The molecule has 1 heterocycles. The van der Waals surface area contributed by atoms with Crippen molar-refractivity contribution in [2.45, 2.75) is 37.4 Å². The second kappa shape index (κ2) is 4.74. The molecule has 1 aliphatic heterocycles. The van der Waals surface area contributed by atoms with Crippen LogP contribution in [0.3, 0.4) is 0 Å². The van der Waals surface area contributed by atoms with Gasteiger partial charge < -0.3 is 5.32 Å². The molecule has 3 nitrogen and oxygen atoms in total. The van der Waals surface area contributed by atoms with Crippen LogP contribution >= 0.6 is 0 Å². The highest BCUT2D eigenvalue weighted by atomic mass is 32.2. The number of hydrogen-bond donors (Lipinski definition) is 1. The van der Waals surface area contributed by atoms with Crippen LogP contribution in [0.2, 0.25) is 0 Å². The van der Waals surface area contributed by atoms with Crippen molar-refractivity contribution < 1.29 is 17.2 Å². The summed E-state index contributed by atoms with van der Waals surface area (Å²) in [6, 6.07) is 0. The highest BCUT2D eigenvalue weighted by molar-refractivity contribution is 7.92. The first-order chi connectivity index (χ1) is 6.81. The molecule has 90 valence electrons. The molecule has 0 amide bonds. The minimum atomic E-state index is -3.36. The molecule has 1 rings (SSSR count). The zero-order valence-corrected chi connectivity index (χ0v) is 9.62. The van der Waals surface area contributed by atoms with E-state index in [1.165, 1.54) is 0 Å². The third-order valence-corrected chi connectivity index (χ3v) is 4.78. The summed E-state index contributed by atoms with van der Waals surface area (Å²) in [5.41, 5.74) is 0. The zero-order chi connectivity index (χ0) is 11.5. The lowest BCUT2D eigenvalue weighted by Crippen LogP contribution is -2.40. The van der Waals surface area contributed by atoms with E-state index in [-0.39, 0.29) is 0 Å². The molecule has 1 unspecified atom stereocenters. The fourth-order valence-corrected chi connectivity index (χ4v) is 3.49. The van der Waals surface area contributed by atoms with Gasteiger partial charge in [0, 0.05) is 13.0 Å². The SMILES string of the molecule is CC(F)(F)CCS(=O)(=O)C1CCCNC1. The summed E-state index contributed by atoms with van der Waals surface area (Å²) in [5.74, 6) is -3.31. The lowest BCUT2D eigenvalue weighted by atomic mass is 10.2. The second-order valence-electron chi connectivity index (χ2n) is 4.16. The number of halogens is 2. The van der Waals surface area contributed by atoms with Gasteiger partial charge in [-0.1, -0.05) is 0 Å². The van der Waals surface area contributed by atoms with Crippen LogP contribution in [0.5, 0.6) is 0 Å². The number of piperidine rings is 1. The van der Waals surface area contributed by atoms with Crippen molar-refractivity contribution >= 4 is 9.84 Å². The van der Waals surface area contributed by atoms with Gasteiger partial charge in [0.05, 0.1) is 11.0 Å². The number of rotatable bonds is 4. The molecule has 0 spiro atoms. The average molecular weight is 241 g/mol. The van der Waals surface area contributed by atoms with Crippen LogP contribution in [0.4, 0.5) is 8.78 Å². The Kier molecular flexibility index (Phi) is 4.06. The number of hydrogen-bond acceptors (Lipinski definition) is 3. The van der Waals surface area contributed by atoms with E-state index in [1.807, 2.05) is 0 Å². The number of alkyl halides is 2. The predicted molar refractivity (Wildman–Crippen MR) is 54.9 cm³/mol. The van der Waals surface area contributed by atoms with Gasteiger partial charge in [0.1, 0.15) is 0 Å². The number of sulfone groups is 1. The standard InChI is InChI=1S/C9H17F2NO2S/c1-9(10,11)4-6-15(13,14)8-3-2-5-12-7-8/h8,12H,2-7H2,1H3. The Morgan fingerprint density at radius 1 is 1.47 bits per heavy atom. The molecule has 0 aromatic rings. The minimum Gasteiger partial charge on any atom is -0.315 e. The highest BCUT2D eigenvalue weighted by Crippen LogP contribution is 2.20. The Morgan fingerprint density at radius 2 is 2.13 bits per heavy atom. The summed E-state index contributed by atoms with van der Waals surface area (Å²) in [7, 11) is -3.36. The van der Waals surface area contributed by atoms with E-state index >= 15 is 0 Å². The van der Waals surface area contributed by atoms with E-state index in [0.717, 1.165) is 19.9 Å². The van der Waals surface area contributed by atoms with E-state index in [1.54, 1.807) is 0 Å². The van der Waals surface area contributed by atoms with Gasteiger partial charge in [-0.15, -0.1) is 0 Å². The monoisotopic (exact) mass is 241 g/mol. The maximum atomic E-state index is 12.5. The van der Waals surface area contributed by atoms with Gasteiger partial charge in [-0.05, 0) is 26.3 Å². The van der Waals surface area contributed by atoms with Crippen LogP contribution in [0.25, 0.3) is 0 Å². The van der Waals surface area contributed by atoms with Crippen LogP contribution in [0.15, 0.2) is 0 Å². The minimum absolute atomic E-state index is 0.400. The molecule has 1 fully saturated rings. The van der Waals surface area contributed by atoms with Gasteiger partial charge in [-0.3, -0.25) is 0 Å². The largest absolute Gasteiger partial charge is 0.315 e. The van der Waals surface area contributed by atoms with Crippen molar-refractivity contribution in [3.8, 4) is 0 Å². The summed E-state index contributed by atoms with van der Waals surface area (Å²) in [6.07, 6.45) is 0.808. The molecule has 0 bridgehead atoms. The zero-order valence-electron chi connectivity index (χ0n) is 8.80. The van der Waals surface area contributed by atoms with Crippen molar-refractivity contribution in [1.29, 1.82) is 0 Å². The molecule has 6 heteroatoms. The highest BCUT2D eigenvalue weighted by Gasteiger charge is 2.31. The lowest BCUT2D eigenvalue weighted by Gasteiger charge is -2.23. The summed E-state index contributed by atoms with van der Waals surface area (Å²) in [4.78, 5) is 0. The summed E-state index contributed by atoms with van der Waals surface area (Å²) >= 11 is 0. The molecule has 0 aliphatic carbocycles. The Balaban J connectivity index is 2.51. The predicted octanol–water partition coefficient (Wildman–Crippen LogP) is 1.20. The first-order valence-electron chi connectivity index (χ1n) is 5.11.